The maximum absolute atomic E-state index is 13.6. The third-order valence-electron chi connectivity index (χ3n) is 2.05. The van der Waals surface area contributed by atoms with Crippen LogP contribution in [-0.4, -0.2) is 19.0 Å². The Bertz CT molecular complexity index is 457. The normalized spacial score (nSPS) is 9.88. The van der Waals surface area contributed by atoms with Gasteiger partial charge in [0.2, 0.25) is 5.96 Å². The number of aliphatic imine (C=N–C) groups is 1. The lowest BCUT2D eigenvalue weighted by atomic mass is 10.2. The second kappa shape index (κ2) is 4.77. The van der Waals surface area contributed by atoms with Gasteiger partial charge in [0.05, 0.1) is 0 Å². The Morgan fingerprint density at radius 1 is 1.29 bits per heavy atom. The van der Waals surface area contributed by atoms with E-state index in [2.05, 4.69) is 4.99 Å². The summed E-state index contributed by atoms with van der Waals surface area (Å²) in [7, 11) is 1.30. The molecule has 0 aliphatic carbocycles. The average Bonchev–Trinajstić information content (AvgIpc) is 2.14. The average molecular weight is 241 g/mol. The van der Waals surface area contributed by atoms with Crippen molar-refractivity contribution in [1.82, 2.24) is 0 Å². The molecule has 0 fully saturated rings. The summed E-state index contributed by atoms with van der Waals surface area (Å²) in [5.74, 6) is -2.36. The lowest BCUT2D eigenvalue weighted by Crippen LogP contribution is -2.31. The Labute approximate surface area is 97.2 Å². The number of hydrogen-bond donors (Lipinski definition) is 3. The van der Waals surface area contributed by atoms with E-state index >= 15 is 0 Å². The minimum atomic E-state index is -0.777. The van der Waals surface area contributed by atoms with Gasteiger partial charge < -0.3 is 16.4 Å². The monoisotopic (exact) mass is 241 g/mol. The predicted octanol–water partition coefficient (Wildman–Crippen LogP) is 0.918. The molecule has 5 nitrogen and oxygen atoms in total. The lowest BCUT2D eigenvalue weighted by molar-refractivity contribution is 0.583. The standard InChI is InChI=1S/C10H13F2N5/c1-5-3-6(11)8(7(12)4-5)17(2)10(15)16-9(13)14/h3-4H,1-2H3,(H5,13,14,15,16). The lowest BCUT2D eigenvalue weighted by Gasteiger charge is -2.18. The summed E-state index contributed by atoms with van der Waals surface area (Å²) in [5.41, 5.74) is 10.2. The Balaban J connectivity index is 3.17. The van der Waals surface area contributed by atoms with E-state index in [1.807, 2.05) is 0 Å². The van der Waals surface area contributed by atoms with Gasteiger partial charge in [0.1, 0.15) is 17.3 Å². The zero-order chi connectivity index (χ0) is 13.2. The number of nitrogens with zero attached hydrogens (tertiary/aromatic N) is 2. The highest BCUT2D eigenvalue weighted by atomic mass is 19.1. The number of nitrogens with one attached hydrogen (secondary N) is 1. The van der Waals surface area contributed by atoms with E-state index in [4.69, 9.17) is 16.9 Å². The summed E-state index contributed by atoms with van der Waals surface area (Å²) < 4.78 is 27.1. The maximum Gasteiger partial charge on any atom is 0.225 e. The first kappa shape index (κ1) is 12.9. The summed E-state index contributed by atoms with van der Waals surface area (Å²) in [4.78, 5) is 4.33. The molecule has 0 atom stereocenters. The number of aryl methyl sites for hydroxylation is 1. The van der Waals surface area contributed by atoms with Crippen LogP contribution in [-0.2, 0) is 0 Å². The Kier molecular flexibility index (Phi) is 3.62. The zero-order valence-corrected chi connectivity index (χ0v) is 9.46. The van der Waals surface area contributed by atoms with Crippen LogP contribution in [0.25, 0.3) is 0 Å². The Hall–Kier alpha value is -2.18. The number of halogens is 2. The van der Waals surface area contributed by atoms with E-state index in [-0.39, 0.29) is 11.6 Å². The molecular weight excluding hydrogens is 228 g/mol. The largest absolute Gasteiger partial charge is 0.370 e. The van der Waals surface area contributed by atoms with Gasteiger partial charge in [-0.1, -0.05) is 0 Å². The molecule has 17 heavy (non-hydrogen) atoms. The molecule has 1 aromatic carbocycles. The van der Waals surface area contributed by atoms with Crippen LogP contribution in [0.1, 0.15) is 5.56 Å². The molecule has 0 saturated heterocycles. The van der Waals surface area contributed by atoms with Gasteiger partial charge in [-0.15, -0.1) is 0 Å². The van der Waals surface area contributed by atoms with Crippen molar-refractivity contribution in [2.45, 2.75) is 6.92 Å². The Morgan fingerprint density at radius 3 is 2.18 bits per heavy atom. The first-order valence-electron chi connectivity index (χ1n) is 4.70. The third-order valence-corrected chi connectivity index (χ3v) is 2.05. The van der Waals surface area contributed by atoms with Gasteiger partial charge in [0.25, 0.3) is 0 Å². The summed E-state index contributed by atoms with van der Waals surface area (Å²) in [6.45, 7) is 1.57. The molecule has 1 aromatic rings. The number of guanidine groups is 2. The van der Waals surface area contributed by atoms with Gasteiger partial charge in [-0.25, -0.2) is 8.78 Å². The molecule has 0 spiro atoms. The summed E-state index contributed by atoms with van der Waals surface area (Å²) in [5, 5.41) is 7.45. The molecule has 0 heterocycles. The minimum absolute atomic E-state index is 0.352. The summed E-state index contributed by atoms with van der Waals surface area (Å²) in [6.07, 6.45) is 0. The predicted molar refractivity (Wildman–Crippen MR) is 63.0 cm³/mol. The van der Waals surface area contributed by atoms with E-state index in [1.165, 1.54) is 7.05 Å². The molecule has 7 heteroatoms. The molecule has 5 N–H and O–H groups in total. The van der Waals surface area contributed by atoms with Crippen molar-refractivity contribution >= 4 is 17.6 Å². The van der Waals surface area contributed by atoms with Crippen molar-refractivity contribution in [3.63, 3.8) is 0 Å². The fourth-order valence-corrected chi connectivity index (χ4v) is 1.32. The highest BCUT2D eigenvalue weighted by Crippen LogP contribution is 2.24. The van der Waals surface area contributed by atoms with Crippen molar-refractivity contribution in [1.29, 1.82) is 5.41 Å². The second-order valence-electron chi connectivity index (χ2n) is 3.50. The van der Waals surface area contributed by atoms with E-state index < -0.39 is 17.6 Å². The van der Waals surface area contributed by atoms with Crippen LogP contribution in [0.2, 0.25) is 0 Å². The minimum Gasteiger partial charge on any atom is -0.370 e. The highest BCUT2D eigenvalue weighted by Gasteiger charge is 2.17. The van der Waals surface area contributed by atoms with Crippen LogP contribution in [0.15, 0.2) is 17.1 Å². The van der Waals surface area contributed by atoms with Crippen molar-refractivity contribution in [2.24, 2.45) is 16.5 Å². The summed E-state index contributed by atoms with van der Waals surface area (Å²) >= 11 is 0. The van der Waals surface area contributed by atoms with Crippen LogP contribution in [0.5, 0.6) is 0 Å². The van der Waals surface area contributed by atoms with Gasteiger partial charge in [-0.3, -0.25) is 5.41 Å². The molecule has 0 amide bonds. The quantitative estimate of drug-likeness (QED) is 0.504. The van der Waals surface area contributed by atoms with Crippen LogP contribution < -0.4 is 16.4 Å². The number of nitrogens with two attached hydrogens (primary N) is 2. The van der Waals surface area contributed by atoms with E-state index in [9.17, 15) is 8.78 Å². The zero-order valence-electron chi connectivity index (χ0n) is 9.46. The number of hydrogen-bond acceptors (Lipinski definition) is 1. The molecule has 0 aliphatic heterocycles. The fraction of sp³-hybridized carbons (Fsp3) is 0.200. The molecule has 0 saturated carbocycles. The van der Waals surface area contributed by atoms with E-state index in [1.54, 1.807) is 6.92 Å². The topological polar surface area (TPSA) is 91.5 Å². The van der Waals surface area contributed by atoms with Gasteiger partial charge in [-0.05, 0) is 24.6 Å². The SMILES string of the molecule is Cc1cc(F)c(N(C)C(=N)N=C(N)N)c(F)c1. The number of benzene rings is 1. The second-order valence-corrected chi connectivity index (χ2v) is 3.50. The van der Waals surface area contributed by atoms with Crippen molar-refractivity contribution < 1.29 is 8.78 Å². The first-order valence-corrected chi connectivity index (χ1v) is 4.70. The van der Waals surface area contributed by atoms with Crippen LogP contribution in [0.3, 0.4) is 0 Å². The smallest absolute Gasteiger partial charge is 0.225 e. The number of rotatable bonds is 1. The van der Waals surface area contributed by atoms with Crippen molar-refractivity contribution in [3.05, 3.63) is 29.3 Å². The van der Waals surface area contributed by atoms with Crippen LogP contribution in [0.4, 0.5) is 14.5 Å². The Morgan fingerprint density at radius 2 is 1.76 bits per heavy atom. The van der Waals surface area contributed by atoms with Gasteiger partial charge in [0.15, 0.2) is 5.96 Å². The molecule has 0 aromatic heterocycles. The summed E-state index contributed by atoms with van der Waals surface area (Å²) in [6, 6.07) is 2.33. The number of anilines is 1. The molecule has 0 radical (unpaired) electrons. The molecule has 0 aliphatic rings. The van der Waals surface area contributed by atoms with E-state index in [0.717, 1.165) is 17.0 Å². The van der Waals surface area contributed by atoms with Gasteiger partial charge in [0, 0.05) is 7.05 Å². The maximum atomic E-state index is 13.6. The third kappa shape index (κ3) is 2.90. The van der Waals surface area contributed by atoms with Crippen LogP contribution >= 0.6 is 0 Å². The highest BCUT2D eigenvalue weighted by molar-refractivity contribution is 6.00. The first-order chi connectivity index (χ1) is 7.82. The molecule has 0 unspecified atom stereocenters. The molecule has 0 bridgehead atoms. The molecule has 92 valence electrons. The van der Waals surface area contributed by atoms with Crippen molar-refractivity contribution in [3.8, 4) is 0 Å². The molecule has 1 rings (SSSR count). The molecular formula is C10H13F2N5. The fourth-order valence-electron chi connectivity index (χ4n) is 1.32. The van der Waals surface area contributed by atoms with Crippen LogP contribution in [0, 0.1) is 24.0 Å². The van der Waals surface area contributed by atoms with Crippen molar-refractivity contribution in [2.75, 3.05) is 11.9 Å². The van der Waals surface area contributed by atoms with Gasteiger partial charge >= 0.3 is 0 Å². The van der Waals surface area contributed by atoms with Gasteiger partial charge in [-0.2, -0.15) is 4.99 Å². The van der Waals surface area contributed by atoms with E-state index in [0.29, 0.717) is 5.56 Å².